The normalized spacial score (nSPS) is 19.0. The van der Waals surface area contributed by atoms with Gasteiger partial charge in [0.15, 0.2) is 11.4 Å². The topological polar surface area (TPSA) is 85.0 Å². The third kappa shape index (κ3) is 3.18. The van der Waals surface area contributed by atoms with Gasteiger partial charge in [-0.25, -0.2) is 4.98 Å². The summed E-state index contributed by atoms with van der Waals surface area (Å²) in [4.78, 5) is 17.3. The summed E-state index contributed by atoms with van der Waals surface area (Å²) in [6.07, 6.45) is 12.8. The monoisotopic (exact) mass is 405 g/mol. The van der Waals surface area contributed by atoms with E-state index in [0.29, 0.717) is 18.8 Å². The van der Waals surface area contributed by atoms with Crippen molar-refractivity contribution in [1.82, 2.24) is 24.6 Å². The lowest BCUT2D eigenvalue weighted by Gasteiger charge is -2.32. The third-order valence-corrected chi connectivity index (χ3v) is 6.55. The average Bonchev–Trinajstić information content (AvgIpc) is 3.37. The van der Waals surface area contributed by atoms with Crippen LogP contribution in [0.4, 0.5) is 0 Å². The lowest BCUT2D eigenvalue weighted by Crippen LogP contribution is -2.36. The van der Waals surface area contributed by atoms with Crippen LogP contribution in [-0.2, 0) is 18.5 Å². The fraction of sp³-hybridized carbons (Fsp3) is 0.435. The van der Waals surface area contributed by atoms with Crippen LogP contribution in [0, 0.1) is 0 Å². The predicted molar refractivity (Wildman–Crippen MR) is 116 cm³/mol. The van der Waals surface area contributed by atoms with Crippen LogP contribution in [0.1, 0.15) is 49.8 Å². The van der Waals surface area contributed by atoms with Crippen molar-refractivity contribution < 1.29 is 5.11 Å². The van der Waals surface area contributed by atoms with Crippen molar-refractivity contribution in [2.24, 2.45) is 0 Å². The molecule has 0 atom stereocenters. The molecular weight excluding hydrogens is 378 g/mol. The molecule has 0 unspecified atom stereocenters. The summed E-state index contributed by atoms with van der Waals surface area (Å²) in [5.41, 5.74) is 2.22. The largest absolute Gasteiger partial charge is 0.503 e. The predicted octanol–water partition coefficient (Wildman–Crippen LogP) is 3.16. The van der Waals surface area contributed by atoms with Crippen LogP contribution >= 0.6 is 0 Å². The zero-order valence-electron chi connectivity index (χ0n) is 17.1. The first-order valence-corrected chi connectivity index (χ1v) is 10.8. The molecule has 6 bridgehead atoms. The lowest BCUT2D eigenvalue weighted by molar-refractivity contribution is 0.240. The van der Waals surface area contributed by atoms with Crippen molar-refractivity contribution in [2.75, 3.05) is 6.54 Å². The van der Waals surface area contributed by atoms with Gasteiger partial charge in [-0.1, -0.05) is 19.4 Å². The minimum atomic E-state index is -0.481. The average molecular weight is 406 g/mol. The quantitative estimate of drug-likeness (QED) is 0.600. The molecule has 1 saturated carbocycles. The molecule has 0 saturated heterocycles. The zero-order valence-corrected chi connectivity index (χ0v) is 17.1. The minimum Gasteiger partial charge on any atom is -0.503 e. The number of aryl methyl sites for hydroxylation is 1. The Hall–Kier alpha value is -3.09. The second-order valence-electron chi connectivity index (χ2n) is 8.63. The summed E-state index contributed by atoms with van der Waals surface area (Å²) in [7, 11) is 0. The van der Waals surface area contributed by atoms with Gasteiger partial charge in [0.1, 0.15) is 5.65 Å². The number of fused-ring (bicyclic) bond motifs is 6. The van der Waals surface area contributed by atoms with E-state index in [9.17, 15) is 9.90 Å². The number of aromatic hydroxyl groups is 1. The number of pyridine rings is 1. The number of hydrogen-bond acceptors (Lipinski definition) is 5. The van der Waals surface area contributed by atoms with Gasteiger partial charge in [-0.05, 0) is 49.8 Å². The first-order valence-electron chi connectivity index (χ1n) is 10.8. The van der Waals surface area contributed by atoms with Crippen LogP contribution in [-0.4, -0.2) is 31.0 Å². The molecule has 3 aromatic rings. The molecule has 5 heterocycles. The van der Waals surface area contributed by atoms with Gasteiger partial charge in [0.05, 0.1) is 24.0 Å². The maximum absolute atomic E-state index is 12.5. The Morgan fingerprint density at radius 1 is 1.20 bits per heavy atom. The van der Waals surface area contributed by atoms with Gasteiger partial charge in [-0.15, -0.1) is 0 Å². The molecule has 6 rings (SSSR count). The van der Waals surface area contributed by atoms with Crippen LogP contribution in [0.3, 0.4) is 0 Å². The minimum absolute atomic E-state index is 0.187. The maximum Gasteiger partial charge on any atom is 0.251 e. The molecule has 156 valence electrons. The van der Waals surface area contributed by atoms with Crippen LogP contribution in [0.15, 0.2) is 42.1 Å². The van der Waals surface area contributed by atoms with Gasteiger partial charge < -0.3 is 15.0 Å². The van der Waals surface area contributed by atoms with E-state index in [1.54, 1.807) is 4.68 Å². The van der Waals surface area contributed by atoms with Crippen LogP contribution in [0.25, 0.3) is 16.7 Å². The molecule has 7 heteroatoms. The van der Waals surface area contributed by atoms with Crippen molar-refractivity contribution in [2.45, 2.75) is 57.0 Å². The molecule has 0 amide bonds. The molecule has 3 aliphatic rings. The highest BCUT2D eigenvalue weighted by Gasteiger charge is 2.37. The molecule has 2 N–H and O–H groups in total. The van der Waals surface area contributed by atoms with Crippen molar-refractivity contribution in [3.8, 4) is 5.75 Å². The molecule has 30 heavy (non-hydrogen) atoms. The van der Waals surface area contributed by atoms with Crippen LogP contribution in [0.2, 0.25) is 0 Å². The molecule has 0 aromatic carbocycles. The van der Waals surface area contributed by atoms with E-state index in [0.717, 1.165) is 56.0 Å². The third-order valence-electron chi connectivity index (χ3n) is 6.55. The number of nitrogens with one attached hydrogen (secondary N) is 1. The maximum atomic E-state index is 12.5. The molecule has 1 aliphatic carbocycles. The number of aromatic nitrogens is 4. The first-order chi connectivity index (χ1) is 14.6. The highest BCUT2D eigenvalue weighted by molar-refractivity contribution is 5.77. The van der Waals surface area contributed by atoms with E-state index in [1.165, 1.54) is 11.8 Å². The van der Waals surface area contributed by atoms with Crippen molar-refractivity contribution in [1.29, 1.82) is 0 Å². The molecule has 1 spiro atoms. The van der Waals surface area contributed by atoms with Gasteiger partial charge in [0.2, 0.25) is 0 Å². The van der Waals surface area contributed by atoms with E-state index in [1.807, 2.05) is 6.20 Å². The molecule has 1 fully saturated rings. The summed E-state index contributed by atoms with van der Waals surface area (Å²) >= 11 is 0. The second-order valence-corrected chi connectivity index (χ2v) is 8.63. The molecular formula is C23H27N5O2. The highest BCUT2D eigenvalue weighted by Crippen LogP contribution is 2.40. The molecule has 7 nitrogen and oxygen atoms in total. The lowest BCUT2D eigenvalue weighted by atomic mass is 9.97. The van der Waals surface area contributed by atoms with E-state index < -0.39 is 5.43 Å². The fourth-order valence-electron chi connectivity index (χ4n) is 4.98. The first kappa shape index (κ1) is 18.9. The SMILES string of the molecule is C=C1NCCCCc2cnc3c(ccn3C3(CCCC3)Cn3cc(O)c(=O)c1n3)c2. The Morgan fingerprint density at radius 3 is 2.87 bits per heavy atom. The smallest absolute Gasteiger partial charge is 0.251 e. The number of rotatable bonds is 0. The summed E-state index contributed by atoms with van der Waals surface area (Å²) < 4.78 is 3.99. The Kier molecular flexibility index (Phi) is 4.60. The summed E-state index contributed by atoms with van der Waals surface area (Å²) in [6.45, 7) is 5.26. The van der Waals surface area contributed by atoms with Crippen LogP contribution < -0.4 is 10.7 Å². The fourth-order valence-corrected chi connectivity index (χ4v) is 4.98. The van der Waals surface area contributed by atoms with Crippen molar-refractivity contribution in [3.63, 3.8) is 0 Å². The number of nitrogens with zero attached hydrogens (tertiary/aromatic N) is 4. The van der Waals surface area contributed by atoms with Gasteiger partial charge in [-0.3, -0.25) is 9.48 Å². The van der Waals surface area contributed by atoms with E-state index >= 15 is 0 Å². The second kappa shape index (κ2) is 7.31. The molecule has 0 radical (unpaired) electrons. The van der Waals surface area contributed by atoms with E-state index in [-0.39, 0.29) is 17.0 Å². The highest BCUT2D eigenvalue weighted by atomic mass is 16.3. The van der Waals surface area contributed by atoms with Gasteiger partial charge >= 0.3 is 0 Å². The summed E-state index contributed by atoms with van der Waals surface area (Å²) in [5, 5.41) is 19.2. The standard InChI is InChI=1S/C23H27N5O2/c1-16-20-21(30)19(29)14-27(26-20)15-23(8-3-4-9-23)28-11-7-18-12-17(13-25-22(18)28)6-2-5-10-24-16/h7,11-14,24,29H,1-6,8-10,15H2. The summed E-state index contributed by atoms with van der Waals surface area (Å²) in [5.74, 6) is -0.294. The zero-order chi connectivity index (χ0) is 20.7. The Morgan fingerprint density at radius 2 is 2.03 bits per heavy atom. The summed E-state index contributed by atoms with van der Waals surface area (Å²) in [6, 6.07) is 4.40. The van der Waals surface area contributed by atoms with Crippen LogP contribution in [0.5, 0.6) is 5.75 Å². The van der Waals surface area contributed by atoms with Gasteiger partial charge in [0.25, 0.3) is 5.43 Å². The van der Waals surface area contributed by atoms with Gasteiger partial charge in [0, 0.05) is 24.3 Å². The van der Waals surface area contributed by atoms with E-state index in [4.69, 9.17) is 4.98 Å². The molecule has 2 aliphatic heterocycles. The Bertz CT molecular complexity index is 1170. The van der Waals surface area contributed by atoms with E-state index in [2.05, 4.69) is 39.9 Å². The van der Waals surface area contributed by atoms with Crippen molar-refractivity contribution >= 4 is 16.7 Å². The Labute approximate surface area is 175 Å². The Balaban J connectivity index is 1.67. The van der Waals surface area contributed by atoms with Crippen molar-refractivity contribution in [3.05, 3.63) is 58.8 Å². The van der Waals surface area contributed by atoms with Gasteiger partial charge in [-0.2, -0.15) is 5.10 Å². The number of hydrogen-bond donors (Lipinski definition) is 2. The molecule has 3 aromatic heterocycles.